The van der Waals surface area contributed by atoms with Gasteiger partial charge in [-0.25, -0.2) is 13.1 Å². The van der Waals surface area contributed by atoms with Crippen LogP contribution in [0.4, 0.5) is 5.69 Å². The van der Waals surface area contributed by atoms with Gasteiger partial charge in [0.15, 0.2) is 0 Å². The van der Waals surface area contributed by atoms with Gasteiger partial charge in [-0.2, -0.15) is 0 Å². The molecular formula is C14H25N3O2S2. The quantitative estimate of drug-likeness (QED) is 0.531. The third-order valence-electron chi connectivity index (χ3n) is 3.20. The van der Waals surface area contributed by atoms with Crippen LogP contribution in [0.3, 0.4) is 0 Å². The number of para-hydroxylation sites is 1. The lowest BCUT2D eigenvalue weighted by molar-refractivity contribution is 0.278. The first-order valence-electron chi connectivity index (χ1n) is 6.96. The molecule has 21 heavy (non-hydrogen) atoms. The zero-order valence-corrected chi connectivity index (χ0v) is 14.5. The summed E-state index contributed by atoms with van der Waals surface area (Å²) in [4.78, 5) is 3.02. The Morgan fingerprint density at radius 3 is 2.62 bits per heavy atom. The average molecular weight is 332 g/mol. The van der Waals surface area contributed by atoms with Crippen molar-refractivity contribution in [3.05, 3.63) is 24.3 Å². The van der Waals surface area contributed by atoms with Gasteiger partial charge in [0.25, 0.3) is 0 Å². The second-order valence-electron chi connectivity index (χ2n) is 5.17. The van der Waals surface area contributed by atoms with Crippen molar-refractivity contribution < 1.29 is 8.42 Å². The first kappa shape index (κ1) is 18.3. The molecule has 0 aromatic heterocycles. The fraction of sp³-hybridized carbons (Fsp3) is 0.571. The highest BCUT2D eigenvalue weighted by Crippen LogP contribution is 2.24. The van der Waals surface area contributed by atoms with Gasteiger partial charge in [0.2, 0.25) is 10.0 Å². The van der Waals surface area contributed by atoms with E-state index in [1.807, 2.05) is 31.3 Å². The summed E-state index contributed by atoms with van der Waals surface area (Å²) in [7, 11) is -1.25. The van der Waals surface area contributed by atoms with Crippen molar-refractivity contribution in [3.63, 3.8) is 0 Å². The number of hydrogen-bond acceptors (Lipinski definition) is 5. The number of nitrogens with one attached hydrogen (secondary N) is 1. The van der Waals surface area contributed by atoms with Gasteiger partial charge in [0.05, 0.1) is 5.75 Å². The van der Waals surface area contributed by atoms with E-state index >= 15 is 0 Å². The van der Waals surface area contributed by atoms with Crippen LogP contribution in [0.5, 0.6) is 0 Å². The second kappa shape index (κ2) is 8.63. The van der Waals surface area contributed by atoms with Crippen LogP contribution < -0.4 is 10.5 Å². The van der Waals surface area contributed by atoms with E-state index < -0.39 is 10.0 Å². The molecule has 3 N–H and O–H groups in total. The van der Waals surface area contributed by atoms with Gasteiger partial charge in [-0.15, -0.1) is 11.8 Å². The standard InChI is InChI=1S/C14H25N3O2S2/c1-12(2)17(3)9-8-16-21(18,19)11-10-20-14-7-5-4-6-13(14)15/h4-7,12,16H,8-11,15H2,1-3H3. The van der Waals surface area contributed by atoms with Crippen molar-refractivity contribution in [3.8, 4) is 0 Å². The number of sulfonamides is 1. The van der Waals surface area contributed by atoms with E-state index in [4.69, 9.17) is 5.73 Å². The summed E-state index contributed by atoms with van der Waals surface area (Å²) in [6.45, 7) is 5.30. The predicted molar refractivity (Wildman–Crippen MR) is 91.1 cm³/mol. The van der Waals surface area contributed by atoms with Crippen molar-refractivity contribution in [1.82, 2.24) is 9.62 Å². The maximum atomic E-state index is 11.9. The van der Waals surface area contributed by atoms with Crippen molar-refractivity contribution in [2.75, 3.05) is 37.4 Å². The molecule has 0 bridgehead atoms. The van der Waals surface area contributed by atoms with Crippen LogP contribution in [0, 0.1) is 0 Å². The molecule has 0 saturated heterocycles. The molecule has 0 radical (unpaired) electrons. The van der Waals surface area contributed by atoms with Gasteiger partial charge in [0, 0.05) is 35.5 Å². The molecule has 0 aliphatic carbocycles. The zero-order valence-electron chi connectivity index (χ0n) is 12.9. The largest absolute Gasteiger partial charge is 0.398 e. The number of thioether (sulfide) groups is 1. The van der Waals surface area contributed by atoms with E-state index in [1.165, 1.54) is 11.8 Å². The average Bonchev–Trinajstić information content (AvgIpc) is 2.40. The molecule has 0 amide bonds. The van der Waals surface area contributed by atoms with E-state index in [0.29, 0.717) is 30.6 Å². The number of nitrogens with two attached hydrogens (primary N) is 1. The van der Waals surface area contributed by atoms with E-state index in [2.05, 4.69) is 23.5 Å². The topological polar surface area (TPSA) is 75.4 Å². The molecule has 0 spiro atoms. The summed E-state index contributed by atoms with van der Waals surface area (Å²) in [6, 6.07) is 7.89. The molecule has 120 valence electrons. The lowest BCUT2D eigenvalue weighted by Crippen LogP contribution is -2.37. The highest BCUT2D eigenvalue weighted by Gasteiger charge is 2.11. The Balaban J connectivity index is 2.32. The summed E-state index contributed by atoms with van der Waals surface area (Å²) in [5.74, 6) is 0.584. The monoisotopic (exact) mass is 331 g/mol. The third kappa shape index (κ3) is 7.17. The zero-order chi connectivity index (χ0) is 15.9. The summed E-state index contributed by atoms with van der Waals surface area (Å²) in [6.07, 6.45) is 0. The SMILES string of the molecule is CC(C)N(C)CCNS(=O)(=O)CCSc1ccccc1N. The number of benzene rings is 1. The van der Waals surface area contributed by atoms with E-state index in [1.54, 1.807) is 0 Å². The van der Waals surface area contributed by atoms with Crippen LogP contribution in [-0.4, -0.2) is 51.0 Å². The molecule has 0 heterocycles. The molecule has 0 saturated carbocycles. The van der Waals surface area contributed by atoms with Gasteiger partial charge >= 0.3 is 0 Å². The van der Waals surface area contributed by atoms with Gasteiger partial charge in [-0.1, -0.05) is 12.1 Å². The smallest absolute Gasteiger partial charge is 0.212 e. The van der Waals surface area contributed by atoms with Crippen LogP contribution in [0.1, 0.15) is 13.8 Å². The molecule has 0 fully saturated rings. The second-order valence-corrected chi connectivity index (χ2v) is 8.24. The van der Waals surface area contributed by atoms with E-state index in [-0.39, 0.29) is 5.75 Å². The van der Waals surface area contributed by atoms with Crippen molar-refractivity contribution in [2.24, 2.45) is 0 Å². The molecule has 0 unspecified atom stereocenters. The third-order valence-corrected chi connectivity index (χ3v) is 5.93. The number of rotatable bonds is 9. The van der Waals surface area contributed by atoms with Crippen LogP contribution >= 0.6 is 11.8 Å². The minimum Gasteiger partial charge on any atom is -0.398 e. The van der Waals surface area contributed by atoms with Crippen molar-refractivity contribution in [1.29, 1.82) is 0 Å². The fourth-order valence-electron chi connectivity index (χ4n) is 1.58. The summed E-state index contributed by atoms with van der Waals surface area (Å²) in [5.41, 5.74) is 6.51. The van der Waals surface area contributed by atoms with Crippen LogP contribution in [-0.2, 0) is 10.0 Å². The molecule has 1 rings (SSSR count). The molecular weight excluding hydrogens is 306 g/mol. The Hall–Kier alpha value is -0.760. The number of nitrogen functional groups attached to an aromatic ring is 1. The Labute approximate surface area is 132 Å². The number of anilines is 1. The first-order chi connectivity index (χ1) is 9.82. The van der Waals surface area contributed by atoms with Gasteiger partial charge in [0.1, 0.15) is 0 Å². The maximum Gasteiger partial charge on any atom is 0.212 e. The minimum atomic E-state index is -3.22. The highest BCUT2D eigenvalue weighted by atomic mass is 32.2. The molecule has 5 nitrogen and oxygen atoms in total. The Morgan fingerprint density at radius 1 is 1.33 bits per heavy atom. The Kier molecular flexibility index (Phi) is 7.51. The van der Waals surface area contributed by atoms with Gasteiger partial charge in [-0.05, 0) is 33.0 Å². The van der Waals surface area contributed by atoms with E-state index in [9.17, 15) is 8.42 Å². The Bertz CT molecular complexity index is 533. The summed E-state index contributed by atoms with van der Waals surface area (Å²) in [5, 5.41) is 0. The first-order valence-corrected chi connectivity index (χ1v) is 9.60. The van der Waals surface area contributed by atoms with Crippen LogP contribution in [0.15, 0.2) is 29.2 Å². The molecule has 0 aliphatic heterocycles. The maximum absolute atomic E-state index is 11.9. The predicted octanol–water partition coefficient (Wildman–Crippen LogP) is 1.62. The van der Waals surface area contributed by atoms with Crippen LogP contribution in [0.25, 0.3) is 0 Å². The highest BCUT2D eigenvalue weighted by molar-refractivity contribution is 8.00. The Morgan fingerprint density at radius 2 is 2.00 bits per heavy atom. The lowest BCUT2D eigenvalue weighted by atomic mass is 10.3. The van der Waals surface area contributed by atoms with E-state index in [0.717, 1.165) is 4.90 Å². The van der Waals surface area contributed by atoms with Gasteiger partial charge < -0.3 is 10.6 Å². The molecule has 7 heteroatoms. The van der Waals surface area contributed by atoms with Crippen molar-refractivity contribution in [2.45, 2.75) is 24.8 Å². The van der Waals surface area contributed by atoms with Gasteiger partial charge in [-0.3, -0.25) is 0 Å². The molecule has 0 aliphatic rings. The summed E-state index contributed by atoms with van der Waals surface area (Å²) < 4.78 is 26.4. The minimum absolute atomic E-state index is 0.0946. The summed E-state index contributed by atoms with van der Waals surface area (Å²) >= 11 is 1.46. The number of nitrogens with zero attached hydrogens (tertiary/aromatic N) is 1. The normalized spacial score (nSPS) is 12.2. The lowest BCUT2D eigenvalue weighted by Gasteiger charge is -2.20. The molecule has 0 atom stereocenters. The number of hydrogen-bond donors (Lipinski definition) is 2. The number of likely N-dealkylation sites (N-methyl/N-ethyl adjacent to an activating group) is 1. The molecule has 1 aromatic carbocycles. The fourth-order valence-corrected chi connectivity index (χ4v) is 3.97. The van der Waals surface area contributed by atoms with Crippen molar-refractivity contribution >= 4 is 27.5 Å². The molecule has 1 aromatic rings. The van der Waals surface area contributed by atoms with Crippen LogP contribution in [0.2, 0.25) is 0 Å².